The molecule has 0 radical (unpaired) electrons. The fraction of sp³-hybridized carbons (Fsp3) is 0.0909. The lowest BCUT2D eigenvalue weighted by Crippen LogP contribution is -2.35. The van der Waals surface area contributed by atoms with E-state index in [0.717, 1.165) is 27.0 Å². The van der Waals surface area contributed by atoms with Crippen molar-refractivity contribution in [3.8, 4) is 5.75 Å². The second-order valence-electron chi connectivity index (χ2n) is 6.48. The summed E-state index contributed by atoms with van der Waals surface area (Å²) >= 11 is 0. The normalized spacial score (nSPS) is 18.7. The van der Waals surface area contributed by atoms with Crippen molar-refractivity contribution in [2.45, 2.75) is 6.92 Å². The zero-order valence-electron chi connectivity index (χ0n) is 14.5. The Morgan fingerprint density at radius 3 is 1.96 bits per heavy atom. The summed E-state index contributed by atoms with van der Waals surface area (Å²) in [6.07, 6.45) is 0. The number of hydrogen-bond acceptors (Lipinski definition) is 2. The van der Waals surface area contributed by atoms with Gasteiger partial charge in [-0.05, 0) is 23.6 Å². The molecule has 3 aromatic carbocycles. The van der Waals surface area contributed by atoms with Crippen LogP contribution in [0.4, 0.5) is 0 Å². The van der Waals surface area contributed by atoms with E-state index in [4.69, 9.17) is 4.74 Å². The van der Waals surface area contributed by atoms with Crippen LogP contribution in [0.1, 0.15) is 6.92 Å². The largest absolute Gasteiger partial charge is 0.493 e. The molecule has 6 rings (SSSR count). The second-order valence-corrected chi connectivity index (χ2v) is 12.2. The molecule has 3 aromatic rings. The zero-order valence-corrected chi connectivity index (χ0v) is 16.3. The van der Waals surface area contributed by atoms with Crippen LogP contribution in [0.15, 0.2) is 73.3 Å². The van der Waals surface area contributed by atoms with Crippen LogP contribution in [-0.2, 0) is 4.57 Å². The van der Waals surface area contributed by atoms with Crippen molar-refractivity contribution in [1.29, 1.82) is 0 Å². The summed E-state index contributed by atoms with van der Waals surface area (Å²) in [4.78, 5) is 0. The fourth-order valence-corrected chi connectivity index (χ4v) is 11.1. The first-order chi connectivity index (χ1) is 12.7. The monoisotopic (exact) mass is 376 g/mol. The van der Waals surface area contributed by atoms with Gasteiger partial charge in [0, 0.05) is 22.8 Å². The molecule has 0 aromatic heterocycles. The van der Waals surface area contributed by atoms with Gasteiger partial charge in [-0.15, -0.1) is 5.45 Å². The molecule has 3 aliphatic rings. The van der Waals surface area contributed by atoms with Gasteiger partial charge in [0.25, 0.3) is 0 Å². The molecule has 2 nitrogen and oxygen atoms in total. The fourth-order valence-electron chi connectivity index (χ4n) is 3.97. The number of benzene rings is 3. The highest BCUT2D eigenvalue weighted by atomic mass is 31.2. The summed E-state index contributed by atoms with van der Waals surface area (Å²) in [6.45, 7) is 4.47. The Bertz CT molecular complexity index is 1130. The molecule has 0 fully saturated rings. The Hall–Kier alpha value is -2.23. The van der Waals surface area contributed by atoms with Crippen LogP contribution in [0.5, 0.6) is 5.75 Å². The van der Waals surface area contributed by atoms with Gasteiger partial charge in [-0.3, -0.25) is 0 Å². The minimum atomic E-state index is -2.35. The Morgan fingerprint density at radius 2 is 1.50 bits per heavy atom. The molecule has 4 heteroatoms. The van der Waals surface area contributed by atoms with E-state index in [1.807, 2.05) is 43.3 Å². The van der Waals surface area contributed by atoms with Gasteiger partial charge >= 0.3 is 0 Å². The van der Waals surface area contributed by atoms with Crippen molar-refractivity contribution in [3.63, 3.8) is 0 Å². The third-order valence-corrected chi connectivity index (χ3v) is 11.9. The van der Waals surface area contributed by atoms with Gasteiger partial charge in [0.2, 0.25) is 0 Å². The van der Waals surface area contributed by atoms with Crippen LogP contribution >= 0.6 is 14.0 Å². The van der Waals surface area contributed by atoms with Crippen molar-refractivity contribution in [2.75, 3.05) is 6.61 Å². The molecule has 1 atom stereocenters. The summed E-state index contributed by atoms with van der Waals surface area (Å²) in [5.41, 5.74) is 3.43. The van der Waals surface area contributed by atoms with Crippen LogP contribution < -0.4 is 36.6 Å². The van der Waals surface area contributed by atoms with Crippen LogP contribution in [-0.4, -0.2) is 12.1 Å². The van der Waals surface area contributed by atoms with Crippen molar-refractivity contribution < 1.29 is 9.30 Å². The molecule has 0 amide bonds. The van der Waals surface area contributed by atoms with E-state index in [1.165, 1.54) is 10.6 Å². The summed E-state index contributed by atoms with van der Waals surface area (Å²) in [5, 5.41) is 6.57. The molecular weight excluding hydrogens is 358 g/mol. The van der Waals surface area contributed by atoms with E-state index in [0.29, 0.717) is 6.61 Å². The molecule has 3 heterocycles. The van der Waals surface area contributed by atoms with Crippen molar-refractivity contribution in [1.82, 2.24) is 0 Å². The van der Waals surface area contributed by atoms with E-state index < -0.39 is 14.0 Å². The first-order valence-corrected chi connectivity index (χ1v) is 12.2. The standard InChI is InChI=1S/C22H18O2P2/c1-3-24-18-15-19(21-22-20(18)26(21,22)23)25(4-2,16-11-7-5-8-12-16)17-13-9-6-10-14-17/h5-15H,2-3H2,1H3. The summed E-state index contributed by atoms with van der Waals surface area (Å²) in [6, 6.07) is 22.9. The van der Waals surface area contributed by atoms with Crippen LogP contribution in [0.3, 0.4) is 0 Å². The van der Waals surface area contributed by atoms with Gasteiger partial charge < -0.3 is 9.30 Å². The van der Waals surface area contributed by atoms with Crippen LogP contribution in [0, 0.1) is 0 Å². The van der Waals surface area contributed by atoms with Crippen LogP contribution in [0.25, 0.3) is 0 Å². The summed E-state index contributed by atoms with van der Waals surface area (Å²) in [5.74, 6) is 0.794. The van der Waals surface area contributed by atoms with E-state index in [-0.39, 0.29) is 0 Å². The molecule has 0 saturated heterocycles. The van der Waals surface area contributed by atoms with Gasteiger partial charge in [-0.25, -0.2) is 0 Å². The molecule has 128 valence electrons. The smallest absolute Gasteiger partial charge is 0.178 e. The minimum Gasteiger partial charge on any atom is -0.493 e. The summed E-state index contributed by atoms with van der Waals surface area (Å²) in [7, 11) is -2.35. The first-order valence-electron chi connectivity index (χ1n) is 8.70. The number of ether oxygens (including phenoxy) is 1. The topological polar surface area (TPSA) is 26.3 Å². The molecule has 0 aliphatic carbocycles. The maximum atomic E-state index is 13.2. The van der Waals surface area contributed by atoms with Crippen molar-refractivity contribution in [3.05, 3.63) is 73.3 Å². The maximum Gasteiger partial charge on any atom is 0.178 e. The minimum absolute atomic E-state index is 0.575. The lowest BCUT2D eigenvalue weighted by Gasteiger charge is -2.27. The predicted molar refractivity (Wildman–Crippen MR) is 113 cm³/mol. The van der Waals surface area contributed by atoms with Gasteiger partial charge in [0.1, 0.15) is 5.75 Å². The maximum absolute atomic E-state index is 13.2. The van der Waals surface area contributed by atoms with E-state index in [2.05, 4.69) is 42.4 Å². The molecule has 3 aliphatic heterocycles. The highest BCUT2D eigenvalue weighted by Crippen LogP contribution is 2.69. The Balaban J connectivity index is 1.86. The van der Waals surface area contributed by atoms with Gasteiger partial charge in [0.15, 0.2) is 7.14 Å². The van der Waals surface area contributed by atoms with Crippen molar-refractivity contribution >= 4 is 51.3 Å². The van der Waals surface area contributed by atoms with Gasteiger partial charge in [-0.2, -0.15) is 0 Å². The highest BCUT2D eigenvalue weighted by Gasteiger charge is 2.70. The van der Waals surface area contributed by atoms with E-state index >= 15 is 0 Å². The molecule has 0 saturated carbocycles. The number of hydrogen-bond donors (Lipinski definition) is 0. The average Bonchev–Trinajstić information content (AvgIpc) is 3.53. The predicted octanol–water partition coefficient (Wildman–Crippen LogP) is 2.23. The molecule has 2 bridgehead atoms. The Morgan fingerprint density at radius 1 is 0.962 bits per heavy atom. The van der Waals surface area contributed by atoms with E-state index in [9.17, 15) is 4.57 Å². The first kappa shape index (κ1) is 16.0. The zero-order chi connectivity index (χ0) is 17.9. The van der Waals surface area contributed by atoms with Crippen LogP contribution in [0.2, 0.25) is 0 Å². The third kappa shape index (κ3) is 1.82. The van der Waals surface area contributed by atoms with Gasteiger partial charge in [0.05, 0.1) is 11.9 Å². The molecule has 0 spiro atoms. The quantitative estimate of drug-likeness (QED) is 0.440. The molecular formula is C22H18O2P2. The average molecular weight is 376 g/mol. The molecule has 1 unspecified atom stereocenters. The Labute approximate surface area is 153 Å². The van der Waals surface area contributed by atoms with Crippen molar-refractivity contribution in [2.24, 2.45) is 0 Å². The third-order valence-electron chi connectivity index (χ3n) is 5.22. The van der Waals surface area contributed by atoms with E-state index in [1.54, 1.807) is 0 Å². The van der Waals surface area contributed by atoms with Gasteiger partial charge in [-0.1, -0.05) is 67.2 Å². The molecule has 26 heavy (non-hydrogen) atoms. The summed E-state index contributed by atoms with van der Waals surface area (Å²) < 4.78 is 19.0. The SMILES string of the molecule is C=C=P(c1ccccc1)(c1ccccc1)c1cc(OCC)c2c3c1P23=O. The second kappa shape index (κ2) is 5.38. The highest BCUT2D eigenvalue weighted by molar-refractivity contribution is 8.09. The lowest BCUT2D eigenvalue weighted by atomic mass is 10.3. The Kier molecular flexibility index (Phi) is 3.31. The lowest BCUT2D eigenvalue weighted by molar-refractivity contribution is 0.344. The number of fused-ring (bicyclic) bond motifs is 2. The molecule has 0 N–H and O–H groups in total. The number of rotatable bonds is 5.